The van der Waals surface area contributed by atoms with Crippen LogP contribution in [0.1, 0.15) is 65.7 Å². The highest BCUT2D eigenvalue weighted by Gasteiger charge is 2.67. The van der Waals surface area contributed by atoms with Crippen molar-refractivity contribution in [3.05, 3.63) is 23.5 Å². The van der Waals surface area contributed by atoms with Crippen LogP contribution in [0.3, 0.4) is 0 Å². The first-order chi connectivity index (χ1) is 11.7. The van der Waals surface area contributed by atoms with Crippen LogP contribution in [0.4, 0.5) is 4.39 Å². The first kappa shape index (κ1) is 17.0. The van der Waals surface area contributed by atoms with E-state index < -0.39 is 17.1 Å². The Morgan fingerprint density at radius 1 is 1.16 bits per heavy atom. The minimum absolute atomic E-state index is 0.0249. The lowest BCUT2D eigenvalue weighted by atomic mass is 9.46. The number of alkyl halides is 1. The van der Waals surface area contributed by atoms with Gasteiger partial charge in [0.2, 0.25) is 0 Å². The van der Waals surface area contributed by atoms with E-state index in [1.54, 1.807) is 6.08 Å². The largest absolute Gasteiger partial charge is 0.430 e. The first-order valence-electron chi connectivity index (χ1n) is 9.55. The normalized spacial score (nSPS) is 45.7. The van der Waals surface area contributed by atoms with Gasteiger partial charge in [-0.3, -0.25) is 9.59 Å². The predicted octanol–water partition coefficient (Wildman–Crippen LogP) is 4.67. The zero-order valence-electron chi connectivity index (χ0n) is 15.4. The Kier molecular flexibility index (Phi) is 3.59. The van der Waals surface area contributed by atoms with Gasteiger partial charge < -0.3 is 4.74 Å². The van der Waals surface area contributed by atoms with Crippen LogP contribution in [0.2, 0.25) is 0 Å². The van der Waals surface area contributed by atoms with E-state index in [2.05, 4.69) is 6.92 Å². The molecule has 0 heterocycles. The first-order valence-corrected chi connectivity index (χ1v) is 9.55. The molecule has 0 bridgehead atoms. The maximum absolute atomic E-state index is 16.8. The van der Waals surface area contributed by atoms with E-state index in [0.29, 0.717) is 18.8 Å². The van der Waals surface area contributed by atoms with Gasteiger partial charge in [0.25, 0.3) is 0 Å². The molecule has 0 unspecified atom stereocenters. The highest BCUT2D eigenvalue weighted by atomic mass is 19.1. The van der Waals surface area contributed by atoms with E-state index in [0.717, 1.165) is 24.8 Å². The van der Waals surface area contributed by atoms with E-state index in [1.165, 1.54) is 25.8 Å². The van der Waals surface area contributed by atoms with Crippen molar-refractivity contribution in [3.8, 4) is 0 Å². The van der Waals surface area contributed by atoms with Crippen molar-refractivity contribution in [3.63, 3.8) is 0 Å². The summed E-state index contributed by atoms with van der Waals surface area (Å²) < 4.78 is 22.2. The number of hydrogen-bond acceptors (Lipinski definition) is 3. The molecule has 3 saturated carbocycles. The van der Waals surface area contributed by atoms with Crippen LogP contribution in [0.25, 0.3) is 0 Å². The van der Waals surface area contributed by atoms with Gasteiger partial charge in [0.05, 0.1) is 5.41 Å². The van der Waals surface area contributed by atoms with Crippen LogP contribution in [0.15, 0.2) is 23.5 Å². The second-order valence-corrected chi connectivity index (χ2v) is 8.96. The third-order valence-corrected chi connectivity index (χ3v) is 7.83. The maximum Gasteiger partial charge on any atom is 0.307 e. The molecule has 4 rings (SSSR count). The monoisotopic (exact) mass is 346 g/mol. The minimum Gasteiger partial charge on any atom is -0.430 e. The average molecular weight is 346 g/mol. The number of rotatable bonds is 1. The van der Waals surface area contributed by atoms with Crippen LogP contribution in [-0.4, -0.2) is 17.4 Å². The fourth-order valence-electron chi connectivity index (χ4n) is 6.46. The van der Waals surface area contributed by atoms with E-state index in [-0.39, 0.29) is 22.9 Å². The molecule has 136 valence electrons. The summed E-state index contributed by atoms with van der Waals surface area (Å²) in [7, 11) is 0. The van der Waals surface area contributed by atoms with Gasteiger partial charge in [0.15, 0.2) is 5.78 Å². The molecular weight excluding hydrogens is 319 g/mol. The molecule has 0 radical (unpaired) electrons. The van der Waals surface area contributed by atoms with E-state index in [4.69, 9.17) is 4.74 Å². The van der Waals surface area contributed by atoms with Gasteiger partial charge in [-0.15, -0.1) is 0 Å². The zero-order chi connectivity index (χ0) is 18.0. The van der Waals surface area contributed by atoms with Gasteiger partial charge in [-0.25, -0.2) is 4.39 Å². The Morgan fingerprint density at radius 3 is 2.64 bits per heavy atom. The Labute approximate surface area is 148 Å². The predicted molar refractivity (Wildman–Crippen MR) is 92.3 cm³/mol. The number of esters is 1. The summed E-state index contributed by atoms with van der Waals surface area (Å²) in [6.45, 7) is 5.49. The van der Waals surface area contributed by atoms with Crippen molar-refractivity contribution in [1.82, 2.24) is 0 Å². The molecule has 3 fully saturated rings. The Morgan fingerprint density at radius 2 is 1.92 bits per heavy atom. The maximum atomic E-state index is 16.8. The second kappa shape index (κ2) is 5.28. The average Bonchev–Trinajstić information content (AvgIpc) is 2.91. The lowest BCUT2D eigenvalue weighted by molar-refractivity contribution is -0.151. The summed E-state index contributed by atoms with van der Waals surface area (Å²) in [5.41, 5.74) is -1.41. The Balaban J connectivity index is 1.81. The fourth-order valence-corrected chi connectivity index (χ4v) is 6.46. The van der Waals surface area contributed by atoms with Gasteiger partial charge in [0.1, 0.15) is 11.4 Å². The summed E-state index contributed by atoms with van der Waals surface area (Å²) >= 11 is 0. The molecule has 0 aromatic heterocycles. The number of ether oxygens (including phenoxy) is 1. The molecule has 3 nitrogen and oxygen atoms in total. The van der Waals surface area contributed by atoms with Gasteiger partial charge in [0, 0.05) is 13.0 Å². The Hall–Kier alpha value is -1.45. The molecule has 4 heteroatoms. The summed E-state index contributed by atoms with van der Waals surface area (Å²) in [4.78, 5) is 23.7. The van der Waals surface area contributed by atoms with Crippen LogP contribution in [0, 0.1) is 22.7 Å². The second-order valence-electron chi connectivity index (χ2n) is 8.96. The van der Waals surface area contributed by atoms with Gasteiger partial charge in [-0.05, 0) is 74.3 Å². The van der Waals surface area contributed by atoms with Crippen molar-refractivity contribution < 1.29 is 18.7 Å². The third-order valence-electron chi connectivity index (χ3n) is 7.83. The molecular formula is C21H27FO3. The molecule has 25 heavy (non-hydrogen) atoms. The molecule has 0 aromatic carbocycles. The van der Waals surface area contributed by atoms with Crippen LogP contribution >= 0.6 is 0 Å². The molecule has 5 atom stereocenters. The zero-order valence-corrected chi connectivity index (χ0v) is 15.4. The van der Waals surface area contributed by atoms with Crippen molar-refractivity contribution >= 4 is 11.8 Å². The number of carbonyl (C=O) groups excluding carboxylic acids is 2. The van der Waals surface area contributed by atoms with Crippen molar-refractivity contribution in [2.24, 2.45) is 22.7 Å². The van der Waals surface area contributed by atoms with Crippen molar-refractivity contribution in [2.75, 3.05) is 0 Å². The molecule has 0 spiro atoms. The molecule has 0 aromatic rings. The summed E-state index contributed by atoms with van der Waals surface area (Å²) in [5.74, 6) is -0.110. The van der Waals surface area contributed by atoms with E-state index >= 15 is 4.39 Å². The quantitative estimate of drug-likeness (QED) is 0.648. The number of fused-ring (bicyclic) bond motifs is 5. The molecule has 0 N–H and O–H groups in total. The summed E-state index contributed by atoms with van der Waals surface area (Å²) in [6.07, 6.45) is 9.22. The highest BCUT2D eigenvalue weighted by molar-refractivity contribution is 6.02. The van der Waals surface area contributed by atoms with E-state index in [9.17, 15) is 9.59 Å². The van der Waals surface area contributed by atoms with Crippen LogP contribution in [-0.2, 0) is 14.3 Å². The number of hydrogen-bond donors (Lipinski definition) is 0. The van der Waals surface area contributed by atoms with Crippen molar-refractivity contribution in [1.29, 1.82) is 0 Å². The van der Waals surface area contributed by atoms with Gasteiger partial charge in [-0.1, -0.05) is 13.3 Å². The molecule has 4 aliphatic rings. The fraction of sp³-hybridized carbons (Fsp3) is 0.714. The van der Waals surface area contributed by atoms with Gasteiger partial charge >= 0.3 is 5.97 Å². The summed E-state index contributed by atoms with van der Waals surface area (Å²) in [6, 6.07) is 0. The highest BCUT2D eigenvalue weighted by Crippen LogP contribution is 2.68. The van der Waals surface area contributed by atoms with Gasteiger partial charge in [-0.2, -0.15) is 0 Å². The number of halogens is 1. The number of ketones is 1. The molecule has 0 saturated heterocycles. The minimum atomic E-state index is -1.45. The Bertz CT molecular complexity index is 708. The standard InChI is InChI=1S/C21H27FO3/c1-13(23)25-18-12-15(24)11-14-6-7-17-16-5-4-8-19(16,2)9-10-21(17,22)20(14,18)3/h11-12,16-17H,4-10H2,1-3H3/t16-,17-,19-,20+,21+/m0/s1. The molecule has 0 aliphatic heterocycles. The lowest BCUT2D eigenvalue weighted by Crippen LogP contribution is -2.60. The number of allylic oxidation sites excluding steroid dienone is 3. The van der Waals surface area contributed by atoms with Crippen LogP contribution < -0.4 is 0 Å². The smallest absolute Gasteiger partial charge is 0.307 e. The van der Waals surface area contributed by atoms with E-state index in [1.807, 2.05) is 6.92 Å². The van der Waals surface area contributed by atoms with Crippen molar-refractivity contribution in [2.45, 2.75) is 71.4 Å². The SMILES string of the molecule is CC(=O)OC1=CC(=O)C=C2CC[C@H]3[C@@H]4CCC[C@@]4(C)CC[C@]3(F)[C@]21C. The summed E-state index contributed by atoms with van der Waals surface area (Å²) in [5, 5.41) is 0. The molecule has 0 amide bonds. The topological polar surface area (TPSA) is 43.4 Å². The van der Waals surface area contributed by atoms with Crippen LogP contribution in [0.5, 0.6) is 0 Å². The lowest BCUT2D eigenvalue weighted by Gasteiger charge is -2.60. The molecule has 4 aliphatic carbocycles. The third kappa shape index (κ3) is 2.15. The number of carbonyl (C=O) groups is 2.